The topological polar surface area (TPSA) is 38.9 Å². The maximum atomic E-state index is 5.74. The van der Waals surface area contributed by atoms with Crippen LogP contribution < -0.4 is 5.73 Å². The lowest BCUT2D eigenvalue weighted by molar-refractivity contribution is 0.504. The van der Waals surface area contributed by atoms with Crippen molar-refractivity contribution in [2.45, 2.75) is 38.5 Å². The summed E-state index contributed by atoms with van der Waals surface area (Å²) in [5, 5.41) is 1.17. The molecule has 1 saturated carbocycles. The Labute approximate surface area is 108 Å². The van der Waals surface area contributed by atoms with Gasteiger partial charge < -0.3 is 5.73 Å². The zero-order chi connectivity index (χ0) is 12.4. The molecule has 1 aliphatic carbocycles. The van der Waals surface area contributed by atoms with E-state index < -0.39 is 0 Å². The molecule has 0 amide bonds. The van der Waals surface area contributed by atoms with Crippen molar-refractivity contribution in [3.05, 3.63) is 35.9 Å². The third-order valence-electron chi connectivity index (χ3n) is 4.09. The van der Waals surface area contributed by atoms with Crippen LogP contribution in [0, 0.1) is 5.92 Å². The van der Waals surface area contributed by atoms with Crippen LogP contribution >= 0.6 is 0 Å². The largest absolute Gasteiger partial charge is 0.384 e. The van der Waals surface area contributed by atoms with Crippen LogP contribution in [0.25, 0.3) is 10.9 Å². The van der Waals surface area contributed by atoms with Gasteiger partial charge in [0.05, 0.1) is 5.52 Å². The van der Waals surface area contributed by atoms with Crippen LogP contribution in [0.15, 0.2) is 30.3 Å². The van der Waals surface area contributed by atoms with Gasteiger partial charge in [0, 0.05) is 5.39 Å². The van der Waals surface area contributed by atoms with Gasteiger partial charge in [-0.15, -0.1) is 0 Å². The maximum Gasteiger partial charge on any atom is 0.124 e. The van der Waals surface area contributed by atoms with Gasteiger partial charge in [-0.3, -0.25) is 0 Å². The molecule has 2 heteroatoms. The molecular formula is C16H20N2. The molecule has 2 N–H and O–H groups in total. The van der Waals surface area contributed by atoms with Gasteiger partial charge in [0.1, 0.15) is 5.82 Å². The zero-order valence-electron chi connectivity index (χ0n) is 10.7. The summed E-state index contributed by atoms with van der Waals surface area (Å²) in [6.07, 6.45) is 8.23. The average Bonchev–Trinajstić information content (AvgIpc) is 2.89. The van der Waals surface area contributed by atoms with Gasteiger partial charge in [0.25, 0.3) is 0 Å². The van der Waals surface area contributed by atoms with Crippen molar-refractivity contribution in [1.82, 2.24) is 4.98 Å². The molecule has 0 spiro atoms. The number of nitrogens with two attached hydrogens (primary N) is 1. The second kappa shape index (κ2) is 4.97. The predicted molar refractivity (Wildman–Crippen MR) is 76.4 cm³/mol. The normalized spacial score (nSPS) is 16.4. The summed E-state index contributed by atoms with van der Waals surface area (Å²) in [5.74, 6) is 1.56. The number of hydrogen-bond donors (Lipinski definition) is 1. The first kappa shape index (κ1) is 11.5. The SMILES string of the molecule is Nc1ccc2ccc(CCC3CCCC3)cc2n1. The fraction of sp³-hybridized carbons (Fsp3) is 0.438. The number of anilines is 1. The summed E-state index contributed by atoms with van der Waals surface area (Å²) in [7, 11) is 0. The lowest BCUT2D eigenvalue weighted by Crippen LogP contribution is -1.97. The standard InChI is InChI=1S/C16H20N2/c17-16-10-9-14-8-7-13(11-15(14)18-16)6-5-12-3-1-2-4-12/h7-12H,1-6H2,(H2,17,18). The fourth-order valence-electron chi connectivity index (χ4n) is 3.00. The minimum absolute atomic E-state index is 0.607. The van der Waals surface area contributed by atoms with Crippen molar-refractivity contribution in [2.24, 2.45) is 5.92 Å². The second-order valence-corrected chi connectivity index (χ2v) is 5.45. The Morgan fingerprint density at radius 2 is 1.89 bits per heavy atom. The third-order valence-corrected chi connectivity index (χ3v) is 4.09. The molecule has 1 heterocycles. The molecule has 0 atom stereocenters. The summed E-state index contributed by atoms with van der Waals surface area (Å²) in [6, 6.07) is 10.5. The minimum atomic E-state index is 0.607. The summed E-state index contributed by atoms with van der Waals surface area (Å²) < 4.78 is 0. The van der Waals surface area contributed by atoms with Crippen molar-refractivity contribution in [2.75, 3.05) is 5.73 Å². The van der Waals surface area contributed by atoms with Crippen LogP contribution in [-0.2, 0) is 6.42 Å². The van der Waals surface area contributed by atoms with Crippen molar-refractivity contribution in [3.8, 4) is 0 Å². The first-order valence-corrected chi connectivity index (χ1v) is 6.96. The van der Waals surface area contributed by atoms with Crippen LogP contribution in [0.5, 0.6) is 0 Å². The van der Waals surface area contributed by atoms with Gasteiger partial charge in [-0.1, -0.05) is 37.8 Å². The summed E-state index contributed by atoms with van der Waals surface area (Å²) in [6.45, 7) is 0. The lowest BCUT2D eigenvalue weighted by Gasteiger charge is -2.09. The monoisotopic (exact) mass is 240 g/mol. The van der Waals surface area contributed by atoms with Gasteiger partial charge in [-0.2, -0.15) is 0 Å². The van der Waals surface area contributed by atoms with Gasteiger partial charge in [-0.25, -0.2) is 4.98 Å². The molecule has 0 aliphatic heterocycles. The number of pyridine rings is 1. The highest BCUT2D eigenvalue weighted by Gasteiger charge is 2.14. The number of hydrogen-bond acceptors (Lipinski definition) is 2. The van der Waals surface area contributed by atoms with E-state index in [2.05, 4.69) is 23.2 Å². The molecule has 1 aromatic carbocycles. The molecule has 1 aliphatic rings. The zero-order valence-corrected chi connectivity index (χ0v) is 10.7. The predicted octanol–water partition coefficient (Wildman–Crippen LogP) is 3.94. The number of fused-ring (bicyclic) bond motifs is 1. The highest BCUT2D eigenvalue weighted by molar-refractivity contribution is 5.80. The quantitative estimate of drug-likeness (QED) is 0.882. The Bertz CT molecular complexity index is 542. The van der Waals surface area contributed by atoms with Crippen LogP contribution in [0.1, 0.15) is 37.7 Å². The van der Waals surface area contributed by atoms with Crippen LogP contribution in [0.4, 0.5) is 5.82 Å². The lowest BCUT2D eigenvalue weighted by atomic mass is 9.97. The van der Waals surface area contributed by atoms with Gasteiger partial charge in [0.2, 0.25) is 0 Å². The Morgan fingerprint density at radius 1 is 1.11 bits per heavy atom. The molecule has 18 heavy (non-hydrogen) atoms. The number of rotatable bonds is 3. The molecule has 1 fully saturated rings. The third kappa shape index (κ3) is 2.47. The Balaban J connectivity index is 1.75. The molecule has 0 saturated heterocycles. The molecule has 0 radical (unpaired) electrons. The number of aromatic nitrogens is 1. The van der Waals surface area contributed by atoms with E-state index >= 15 is 0 Å². The number of aryl methyl sites for hydroxylation is 1. The van der Waals surface area contributed by atoms with Crippen molar-refractivity contribution >= 4 is 16.7 Å². The maximum absolute atomic E-state index is 5.74. The van der Waals surface area contributed by atoms with E-state index in [1.165, 1.54) is 49.5 Å². The van der Waals surface area contributed by atoms with E-state index in [0.29, 0.717) is 5.82 Å². The molecule has 94 valence electrons. The average molecular weight is 240 g/mol. The second-order valence-electron chi connectivity index (χ2n) is 5.45. The van der Waals surface area contributed by atoms with Gasteiger partial charge >= 0.3 is 0 Å². The molecule has 2 aromatic rings. The summed E-state index contributed by atoms with van der Waals surface area (Å²) in [5.41, 5.74) is 8.16. The molecule has 0 bridgehead atoms. The number of benzene rings is 1. The van der Waals surface area contributed by atoms with E-state index in [1.807, 2.05) is 12.1 Å². The highest BCUT2D eigenvalue weighted by atomic mass is 14.8. The molecule has 2 nitrogen and oxygen atoms in total. The number of nitrogen functional groups attached to an aromatic ring is 1. The van der Waals surface area contributed by atoms with E-state index in [4.69, 9.17) is 5.73 Å². The van der Waals surface area contributed by atoms with Crippen molar-refractivity contribution < 1.29 is 0 Å². The van der Waals surface area contributed by atoms with E-state index in [0.717, 1.165) is 11.4 Å². The fourth-order valence-corrected chi connectivity index (χ4v) is 3.00. The first-order chi connectivity index (χ1) is 8.81. The minimum Gasteiger partial charge on any atom is -0.384 e. The summed E-state index contributed by atoms with van der Waals surface area (Å²) >= 11 is 0. The van der Waals surface area contributed by atoms with Crippen molar-refractivity contribution in [1.29, 1.82) is 0 Å². The van der Waals surface area contributed by atoms with Gasteiger partial charge in [-0.05, 0) is 42.5 Å². The van der Waals surface area contributed by atoms with E-state index in [9.17, 15) is 0 Å². The van der Waals surface area contributed by atoms with Crippen molar-refractivity contribution in [3.63, 3.8) is 0 Å². The molecule has 1 aromatic heterocycles. The molecule has 0 unspecified atom stereocenters. The number of nitrogens with zero attached hydrogens (tertiary/aromatic N) is 1. The van der Waals surface area contributed by atoms with E-state index in [-0.39, 0.29) is 0 Å². The highest BCUT2D eigenvalue weighted by Crippen LogP contribution is 2.29. The van der Waals surface area contributed by atoms with Crippen LogP contribution in [0.3, 0.4) is 0 Å². The van der Waals surface area contributed by atoms with Gasteiger partial charge in [0.15, 0.2) is 0 Å². The summed E-state index contributed by atoms with van der Waals surface area (Å²) in [4.78, 5) is 4.39. The molecule has 3 rings (SSSR count). The molecular weight excluding hydrogens is 220 g/mol. The Kier molecular flexibility index (Phi) is 3.18. The Morgan fingerprint density at radius 3 is 2.72 bits per heavy atom. The Hall–Kier alpha value is -1.57. The van der Waals surface area contributed by atoms with Crippen LogP contribution in [-0.4, -0.2) is 4.98 Å². The first-order valence-electron chi connectivity index (χ1n) is 6.96. The van der Waals surface area contributed by atoms with E-state index in [1.54, 1.807) is 0 Å². The smallest absolute Gasteiger partial charge is 0.124 e. The van der Waals surface area contributed by atoms with Crippen LogP contribution in [0.2, 0.25) is 0 Å².